The number of carbonyl (C=O) groups is 1. The van der Waals surface area contributed by atoms with Gasteiger partial charge in [-0.05, 0) is 59.0 Å². The molecule has 6 N–H and O–H groups in total. The van der Waals surface area contributed by atoms with Gasteiger partial charge in [-0.2, -0.15) is 30.4 Å². The first kappa shape index (κ1) is 53.0. The summed E-state index contributed by atoms with van der Waals surface area (Å²) in [6.45, 7) is 0. The molecule has 0 atom stereocenters. The van der Waals surface area contributed by atoms with Gasteiger partial charge < -0.3 is 15.3 Å². The van der Waals surface area contributed by atoms with Gasteiger partial charge in [-0.15, -0.1) is 15.3 Å². The first-order valence-corrected chi connectivity index (χ1v) is 18.7. The second-order valence-corrected chi connectivity index (χ2v) is 14.9. The molecule has 0 aliphatic carbocycles. The van der Waals surface area contributed by atoms with Gasteiger partial charge in [0.1, 0.15) is 31.7 Å². The molecular formula is C31H21CuN5Na3O15S3+3. The van der Waals surface area contributed by atoms with Crippen LogP contribution in [0.4, 0.5) is 28.4 Å². The van der Waals surface area contributed by atoms with Gasteiger partial charge in [0.2, 0.25) is 0 Å². The van der Waals surface area contributed by atoms with Crippen molar-refractivity contribution in [3.05, 3.63) is 106 Å². The fraction of sp³-hybridized carbons (Fsp3) is 0. The third-order valence-electron chi connectivity index (χ3n) is 7.31. The minimum Gasteiger partial charge on any atom is -0.505 e. The van der Waals surface area contributed by atoms with E-state index in [9.17, 15) is 69.1 Å². The molecule has 0 aromatic heterocycles. The number of carboxylic acid groups (broad SMARTS) is 1. The Hall–Kier alpha value is -2.98. The van der Waals surface area contributed by atoms with Crippen LogP contribution in [0.1, 0.15) is 21.5 Å². The second kappa shape index (κ2) is 21.0. The number of aromatic carboxylic acids is 1. The minimum atomic E-state index is -5.23. The fourth-order valence-electron chi connectivity index (χ4n) is 4.88. The number of aromatic hydroxyl groups is 2. The van der Waals surface area contributed by atoms with Crippen LogP contribution in [0.15, 0.2) is 114 Å². The summed E-state index contributed by atoms with van der Waals surface area (Å²) in [5.74, 6) is -3.35. The van der Waals surface area contributed by atoms with Crippen LogP contribution in [-0.2, 0) is 47.4 Å². The van der Waals surface area contributed by atoms with E-state index in [0.717, 1.165) is 48.6 Å². The molecule has 0 saturated carbocycles. The number of fused-ring (bicyclic) bond motifs is 1. The van der Waals surface area contributed by atoms with E-state index in [1.54, 1.807) is 0 Å². The number of phenolic OH excluding ortho intramolecular Hbond substituents is 2. The van der Waals surface area contributed by atoms with Crippen molar-refractivity contribution in [1.82, 2.24) is 0 Å². The zero-order valence-corrected chi connectivity index (χ0v) is 39.2. The van der Waals surface area contributed by atoms with E-state index in [-0.39, 0.29) is 139 Å². The normalized spacial score (nSPS) is 11.8. The molecule has 0 spiro atoms. The van der Waals surface area contributed by atoms with Crippen molar-refractivity contribution in [3.8, 4) is 11.5 Å². The van der Waals surface area contributed by atoms with E-state index in [1.807, 2.05) is 0 Å². The molecule has 0 saturated heterocycles. The molecule has 58 heavy (non-hydrogen) atoms. The number of hydrogen-bond donors (Lipinski definition) is 6. The molecule has 5 aromatic carbocycles. The molecule has 0 fully saturated rings. The predicted octanol–water partition coefficient (Wildman–Crippen LogP) is -2.39. The molecule has 0 aliphatic rings. The topological polar surface area (TPSA) is 333 Å². The largest absolute Gasteiger partial charge is 1.00 e. The van der Waals surface area contributed by atoms with Crippen molar-refractivity contribution in [3.63, 3.8) is 0 Å². The number of azo groups is 2. The number of nitro groups is 1. The smallest absolute Gasteiger partial charge is 0.505 e. The first-order valence-electron chi connectivity index (χ1n) is 14.4. The van der Waals surface area contributed by atoms with Gasteiger partial charge in [-0.1, -0.05) is 36.4 Å². The molecule has 289 valence electrons. The molecule has 20 nitrogen and oxygen atoms in total. The van der Waals surface area contributed by atoms with Crippen LogP contribution in [0.5, 0.6) is 11.5 Å². The van der Waals surface area contributed by atoms with Crippen LogP contribution in [0.25, 0.3) is 22.9 Å². The van der Waals surface area contributed by atoms with E-state index in [1.165, 1.54) is 36.4 Å². The zero-order chi connectivity index (χ0) is 39.7. The van der Waals surface area contributed by atoms with E-state index < -0.39 is 90.1 Å². The maximum atomic E-state index is 12.3. The maximum Gasteiger partial charge on any atom is 1.00 e. The molecule has 0 amide bonds. The number of phenols is 2. The van der Waals surface area contributed by atoms with Crippen LogP contribution in [-0.4, -0.2) is 65.1 Å². The number of non-ortho nitro benzene ring substituents is 1. The van der Waals surface area contributed by atoms with E-state index >= 15 is 0 Å². The molecule has 5 rings (SSSR count). The summed E-state index contributed by atoms with van der Waals surface area (Å²) in [5.41, 5.74) is -3.35. The maximum absolute atomic E-state index is 12.3. The first-order chi connectivity index (χ1) is 25.2. The summed E-state index contributed by atoms with van der Waals surface area (Å²) in [6.07, 6.45) is 1.85. The van der Waals surface area contributed by atoms with Crippen molar-refractivity contribution in [2.75, 3.05) is 0 Å². The standard InChI is InChI=1S/C31H21N5O15S3.Cu.3Na/c37-28-22-14-19(10-7-18(22)13-26(53(46,47)48)27(28)35-33-23-4-2-1-3-21(23)31(39)40)32-34-24-12-9-17(30(29(24)38)54(49,50)51)6-5-16-8-11-20(36(41)42)15-25(16)52(43,44)45;;;;/h1-15,37-38H,(H,39,40)(H,43,44,45)(H,46,47,48)(H,49,50,51);;;;/q;;3*+1/b6-5+,34-32?,35-33?;;;;. The van der Waals surface area contributed by atoms with Crippen molar-refractivity contribution in [2.45, 2.75) is 14.7 Å². The molecule has 0 bridgehead atoms. The fourth-order valence-corrected chi connectivity index (χ4v) is 7.02. The monoisotopic (exact) mass is 931 g/mol. The van der Waals surface area contributed by atoms with E-state index in [4.69, 9.17) is 0 Å². The SMILES string of the molecule is O=C(O)c1ccccc1N=Nc1c(S(=O)(=O)O)cc2ccc(N=Nc3ccc(/C=C/c4ccc([N+](=O)[O-])cc4S(=O)(=O)O)c(S(=O)(=O)O)c3O)cc2c1O.[Cu].[Na+].[Na+].[Na+]. The summed E-state index contributed by atoms with van der Waals surface area (Å²) in [5, 5.41) is 57.4. The number of rotatable bonds is 11. The summed E-state index contributed by atoms with van der Waals surface area (Å²) < 4.78 is 102. The summed E-state index contributed by atoms with van der Waals surface area (Å²) in [6, 6.07) is 14.3. The molecule has 1 radical (unpaired) electrons. The average molecular weight is 932 g/mol. The molecule has 5 aromatic rings. The number of benzene rings is 5. The number of nitro benzene ring substituents is 1. The van der Waals surface area contributed by atoms with Crippen LogP contribution >= 0.6 is 0 Å². The van der Waals surface area contributed by atoms with Crippen LogP contribution in [0.3, 0.4) is 0 Å². The average Bonchev–Trinajstić information content (AvgIpc) is 3.08. The van der Waals surface area contributed by atoms with Gasteiger partial charge in [0.15, 0.2) is 11.5 Å². The van der Waals surface area contributed by atoms with Gasteiger partial charge in [0, 0.05) is 34.6 Å². The molecular weight excluding hydrogens is 911 g/mol. The Balaban J connectivity index is 0.00000420. The third-order valence-corrected chi connectivity index (χ3v) is 10.0. The van der Waals surface area contributed by atoms with Gasteiger partial charge in [0.25, 0.3) is 36.0 Å². The molecule has 0 unspecified atom stereocenters. The number of carboxylic acids is 1. The summed E-state index contributed by atoms with van der Waals surface area (Å²) in [4.78, 5) is 18.8. The Morgan fingerprint density at radius 2 is 1.24 bits per heavy atom. The molecule has 0 heterocycles. The Kier molecular flexibility index (Phi) is 19.2. The quantitative estimate of drug-likeness (QED) is 0.0201. The zero-order valence-electron chi connectivity index (χ0n) is 29.8. The van der Waals surface area contributed by atoms with Crippen molar-refractivity contribution >= 4 is 87.7 Å². The van der Waals surface area contributed by atoms with Crippen molar-refractivity contribution < 1.29 is 170 Å². The second-order valence-electron chi connectivity index (χ2n) is 10.8. The van der Waals surface area contributed by atoms with Crippen molar-refractivity contribution in [1.29, 1.82) is 0 Å². The molecule has 0 aliphatic heterocycles. The Morgan fingerprint density at radius 3 is 1.83 bits per heavy atom. The summed E-state index contributed by atoms with van der Waals surface area (Å²) in [7, 11) is -15.3. The van der Waals surface area contributed by atoms with Crippen molar-refractivity contribution in [2.24, 2.45) is 20.5 Å². The predicted molar refractivity (Wildman–Crippen MR) is 187 cm³/mol. The van der Waals surface area contributed by atoms with E-state index in [0.29, 0.717) is 6.07 Å². The van der Waals surface area contributed by atoms with Gasteiger partial charge >= 0.3 is 94.6 Å². The third kappa shape index (κ3) is 12.3. The van der Waals surface area contributed by atoms with Gasteiger partial charge in [0.05, 0.1) is 16.2 Å². The van der Waals surface area contributed by atoms with Gasteiger partial charge in [-0.3, -0.25) is 23.8 Å². The summed E-state index contributed by atoms with van der Waals surface area (Å²) >= 11 is 0. The Labute approximate surface area is 405 Å². The number of nitrogens with zero attached hydrogens (tertiary/aromatic N) is 5. The molecule has 27 heteroatoms. The Bertz CT molecular complexity index is 2860. The van der Waals surface area contributed by atoms with Crippen LogP contribution in [0, 0.1) is 10.1 Å². The van der Waals surface area contributed by atoms with Crippen LogP contribution in [0.2, 0.25) is 0 Å². The van der Waals surface area contributed by atoms with Crippen LogP contribution < -0.4 is 88.7 Å². The Morgan fingerprint density at radius 1 is 0.655 bits per heavy atom. The number of hydrogen-bond acceptors (Lipinski definition) is 15. The van der Waals surface area contributed by atoms with E-state index in [2.05, 4.69) is 20.5 Å². The minimum absolute atomic E-state index is 0. The van der Waals surface area contributed by atoms with Gasteiger partial charge in [-0.25, -0.2) is 4.79 Å².